The molecule has 0 spiro atoms. The Morgan fingerprint density at radius 3 is 2.30 bits per heavy atom. The number of aliphatic carboxylic acids is 1. The van der Waals surface area contributed by atoms with Crippen LogP contribution in [0.2, 0.25) is 0 Å². The molecule has 20 heavy (non-hydrogen) atoms. The number of rotatable bonds is 7. The van der Waals surface area contributed by atoms with Crippen molar-refractivity contribution in [2.24, 2.45) is 5.50 Å². The molecule has 0 aliphatic carbocycles. The van der Waals surface area contributed by atoms with Crippen LogP contribution < -0.4 is 10.8 Å². The number of carbonyl (C=O) groups is 2. The SMILES string of the molecule is NP(=O)(O)Cc1ccc(NC(=O)CCCC(=O)O)cc1. The monoisotopic (exact) mass is 300 g/mol. The summed E-state index contributed by atoms with van der Waals surface area (Å²) in [4.78, 5) is 30.8. The Hall–Kier alpha value is -1.69. The molecular weight excluding hydrogens is 283 g/mol. The van der Waals surface area contributed by atoms with E-state index in [1.165, 1.54) is 0 Å². The average Bonchev–Trinajstić information content (AvgIpc) is 2.29. The summed E-state index contributed by atoms with van der Waals surface area (Å²) in [6, 6.07) is 6.39. The van der Waals surface area contributed by atoms with Crippen LogP contribution in [0, 0.1) is 0 Å². The van der Waals surface area contributed by atoms with Crippen molar-refractivity contribution in [2.45, 2.75) is 25.4 Å². The van der Waals surface area contributed by atoms with E-state index >= 15 is 0 Å². The van der Waals surface area contributed by atoms with Crippen LogP contribution in [0.4, 0.5) is 5.69 Å². The second-order valence-corrected chi connectivity index (χ2v) is 6.23. The van der Waals surface area contributed by atoms with Gasteiger partial charge in [-0.05, 0) is 24.1 Å². The fourth-order valence-corrected chi connectivity index (χ4v) is 2.31. The molecule has 0 saturated carbocycles. The molecule has 0 bridgehead atoms. The molecule has 110 valence electrons. The minimum atomic E-state index is -3.60. The predicted molar refractivity (Wildman–Crippen MR) is 74.3 cm³/mol. The summed E-state index contributed by atoms with van der Waals surface area (Å²) >= 11 is 0. The molecule has 1 unspecified atom stereocenters. The smallest absolute Gasteiger partial charge is 0.303 e. The second-order valence-electron chi connectivity index (χ2n) is 4.41. The largest absolute Gasteiger partial charge is 0.481 e. The average molecular weight is 300 g/mol. The number of hydrogen-bond donors (Lipinski definition) is 4. The molecule has 0 saturated heterocycles. The van der Waals surface area contributed by atoms with E-state index in [2.05, 4.69) is 5.32 Å². The maximum absolute atomic E-state index is 11.5. The molecule has 7 nitrogen and oxygen atoms in total. The number of amides is 1. The highest BCUT2D eigenvalue weighted by Crippen LogP contribution is 2.34. The van der Waals surface area contributed by atoms with Crippen molar-refractivity contribution in [3.05, 3.63) is 29.8 Å². The highest BCUT2D eigenvalue weighted by atomic mass is 31.2. The summed E-state index contributed by atoms with van der Waals surface area (Å²) in [6.45, 7) is 0. The molecule has 1 aromatic carbocycles. The summed E-state index contributed by atoms with van der Waals surface area (Å²) < 4.78 is 11.0. The third kappa shape index (κ3) is 7.04. The van der Waals surface area contributed by atoms with Crippen LogP contribution >= 0.6 is 7.52 Å². The summed E-state index contributed by atoms with van der Waals surface area (Å²) in [5.41, 5.74) is 6.20. The van der Waals surface area contributed by atoms with Crippen molar-refractivity contribution in [2.75, 3.05) is 5.32 Å². The molecule has 0 heterocycles. The molecule has 1 amide bonds. The van der Waals surface area contributed by atoms with Crippen molar-refractivity contribution < 1.29 is 24.2 Å². The normalized spacial score (nSPS) is 13.5. The second kappa shape index (κ2) is 7.19. The lowest BCUT2D eigenvalue weighted by atomic mass is 10.2. The van der Waals surface area contributed by atoms with Crippen LogP contribution in [0.1, 0.15) is 24.8 Å². The molecular formula is C12H17N2O5P. The van der Waals surface area contributed by atoms with E-state index in [-0.39, 0.29) is 31.3 Å². The molecule has 5 N–H and O–H groups in total. The number of carboxylic acid groups (broad SMARTS) is 1. The highest BCUT2D eigenvalue weighted by Gasteiger charge is 2.11. The van der Waals surface area contributed by atoms with E-state index in [0.29, 0.717) is 11.3 Å². The van der Waals surface area contributed by atoms with Gasteiger partial charge in [0.15, 0.2) is 0 Å². The number of anilines is 1. The standard InChI is InChI=1S/C12H17N2O5P/c13-20(18,19)8-9-4-6-10(7-5-9)14-11(15)2-1-3-12(16)17/h4-7H,1-3,8H2,(H,14,15)(H,16,17)(H3,13,18,19). The van der Waals surface area contributed by atoms with Gasteiger partial charge in [0.05, 0.1) is 6.16 Å². The fourth-order valence-electron chi connectivity index (χ4n) is 1.58. The topological polar surface area (TPSA) is 130 Å². The van der Waals surface area contributed by atoms with Gasteiger partial charge in [-0.3, -0.25) is 19.7 Å². The van der Waals surface area contributed by atoms with Crippen molar-refractivity contribution in [1.29, 1.82) is 0 Å². The van der Waals surface area contributed by atoms with E-state index < -0.39 is 13.5 Å². The van der Waals surface area contributed by atoms with Crippen molar-refractivity contribution >= 4 is 25.1 Å². The van der Waals surface area contributed by atoms with Crippen molar-refractivity contribution in [3.63, 3.8) is 0 Å². The first-order valence-electron chi connectivity index (χ1n) is 5.97. The van der Waals surface area contributed by atoms with Crippen LogP contribution in [-0.2, 0) is 20.3 Å². The zero-order valence-electron chi connectivity index (χ0n) is 10.8. The van der Waals surface area contributed by atoms with Gasteiger partial charge in [-0.1, -0.05) is 12.1 Å². The number of nitrogens with two attached hydrogens (primary N) is 1. The number of nitrogens with one attached hydrogen (secondary N) is 1. The molecule has 1 aromatic rings. The van der Waals surface area contributed by atoms with Crippen LogP contribution in [0.5, 0.6) is 0 Å². The Kier molecular flexibility index (Phi) is 5.88. The zero-order chi connectivity index (χ0) is 15.2. The first kappa shape index (κ1) is 16.4. The minimum Gasteiger partial charge on any atom is -0.481 e. The Balaban J connectivity index is 2.47. The quantitative estimate of drug-likeness (QED) is 0.565. The summed E-state index contributed by atoms with van der Waals surface area (Å²) in [5.74, 6) is -1.21. The van der Waals surface area contributed by atoms with Gasteiger partial charge >= 0.3 is 5.97 Å². The predicted octanol–water partition coefficient (Wildman–Crippen LogP) is 1.52. The first-order chi connectivity index (χ1) is 9.26. The summed E-state index contributed by atoms with van der Waals surface area (Å²) in [5, 5.41) is 11.1. The Labute approximate surface area is 116 Å². The first-order valence-corrected chi connectivity index (χ1v) is 7.88. The van der Waals surface area contributed by atoms with Crippen molar-refractivity contribution in [3.8, 4) is 0 Å². The number of benzene rings is 1. The molecule has 0 aliphatic rings. The fraction of sp³-hybridized carbons (Fsp3) is 0.333. The lowest BCUT2D eigenvalue weighted by Crippen LogP contribution is -2.11. The van der Waals surface area contributed by atoms with E-state index in [1.54, 1.807) is 24.3 Å². The van der Waals surface area contributed by atoms with Gasteiger partial charge in [-0.15, -0.1) is 0 Å². The third-order valence-electron chi connectivity index (χ3n) is 2.44. The van der Waals surface area contributed by atoms with Crippen LogP contribution in [0.3, 0.4) is 0 Å². The van der Waals surface area contributed by atoms with Crippen LogP contribution in [0.25, 0.3) is 0 Å². The Morgan fingerprint density at radius 1 is 1.20 bits per heavy atom. The minimum absolute atomic E-state index is 0.0470. The number of carboxylic acids is 1. The Bertz CT molecular complexity index is 523. The van der Waals surface area contributed by atoms with E-state index in [9.17, 15) is 14.2 Å². The highest BCUT2D eigenvalue weighted by molar-refractivity contribution is 7.54. The lowest BCUT2D eigenvalue weighted by molar-refractivity contribution is -0.137. The molecule has 1 rings (SSSR count). The van der Waals surface area contributed by atoms with Crippen LogP contribution in [0.15, 0.2) is 24.3 Å². The lowest BCUT2D eigenvalue weighted by Gasteiger charge is -2.07. The molecule has 0 fully saturated rings. The zero-order valence-corrected chi connectivity index (χ0v) is 11.7. The van der Waals surface area contributed by atoms with E-state index in [1.807, 2.05) is 0 Å². The summed E-state index contributed by atoms with van der Waals surface area (Å²) in [6.07, 6.45) is 0.233. The Morgan fingerprint density at radius 2 is 1.80 bits per heavy atom. The van der Waals surface area contributed by atoms with Crippen molar-refractivity contribution in [1.82, 2.24) is 0 Å². The van der Waals surface area contributed by atoms with Gasteiger partial charge < -0.3 is 15.3 Å². The van der Waals surface area contributed by atoms with Gasteiger partial charge in [0, 0.05) is 18.5 Å². The molecule has 0 radical (unpaired) electrons. The van der Waals surface area contributed by atoms with Gasteiger partial charge in [0.25, 0.3) is 7.52 Å². The summed E-state index contributed by atoms with van der Waals surface area (Å²) in [7, 11) is -3.60. The van der Waals surface area contributed by atoms with Gasteiger partial charge in [-0.25, -0.2) is 0 Å². The molecule has 8 heteroatoms. The van der Waals surface area contributed by atoms with Crippen LogP contribution in [-0.4, -0.2) is 21.9 Å². The third-order valence-corrected chi connectivity index (χ3v) is 3.26. The maximum Gasteiger partial charge on any atom is 0.303 e. The molecule has 1 atom stereocenters. The molecule has 0 aromatic heterocycles. The van der Waals surface area contributed by atoms with Gasteiger partial charge in [0.2, 0.25) is 5.91 Å². The van der Waals surface area contributed by atoms with Gasteiger partial charge in [-0.2, -0.15) is 0 Å². The van der Waals surface area contributed by atoms with E-state index in [4.69, 9.17) is 15.5 Å². The van der Waals surface area contributed by atoms with Gasteiger partial charge in [0.1, 0.15) is 0 Å². The molecule has 0 aliphatic heterocycles. The maximum atomic E-state index is 11.5. The number of carbonyl (C=O) groups excluding carboxylic acids is 1. The number of hydrogen-bond acceptors (Lipinski definition) is 3. The van der Waals surface area contributed by atoms with E-state index in [0.717, 1.165) is 0 Å².